The molecule has 0 spiro atoms. The van der Waals surface area contributed by atoms with Crippen molar-refractivity contribution in [1.29, 1.82) is 0 Å². The van der Waals surface area contributed by atoms with Crippen molar-refractivity contribution < 1.29 is 27.5 Å². The molecule has 0 heterocycles. The summed E-state index contributed by atoms with van der Waals surface area (Å²) in [6.45, 7) is 12.2. The molecule has 0 saturated carbocycles. The number of hydrogen-bond donors (Lipinski definition) is 2. The van der Waals surface area contributed by atoms with Crippen molar-refractivity contribution in [2.24, 2.45) is 0 Å². The summed E-state index contributed by atoms with van der Waals surface area (Å²) in [6.07, 6.45) is 0.169. The van der Waals surface area contributed by atoms with Gasteiger partial charge in [-0.2, -0.15) is 8.42 Å². The zero-order chi connectivity index (χ0) is 21.6. The van der Waals surface area contributed by atoms with Gasteiger partial charge in [0, 0.05) is 0 Å². The van der Waals surface area contributed by atoms with E-state index >= 15 is 0 Å². The van der Waals surface area contributed by atoms with Gasteiger partial charge in [0.25, 0.3) is 0 Å². The third kappa shape index (κ3) is 10.7. The molecule has 10 heteroatoms. The summed E-state index contributed by atoms with van der Waals surface area (Å²) in [5.41, 5.74) is 0.463. The van der Waals surface area contributed by atoms with E-state index in [0.29, 0.717) is 0 Å². The highest BCUT2D eigenvalue weighted by molar-refractivity contribution is 7.91. The van der Waals surface area contributed by atoms with Crippen LogP contribution in [0.15, 0.2) is 24.3 Å². The largest absolute Gasteiger partial charge is 0.462 e. The van der Waals surface area contributed by atoms with E-state index in [-0.39, 0.29) is 17.9 Å². The predicted octanol–water partition coefficient (Wildman–Crippen LogP) is 2.61. The molecule has 0 aliphatic heterocycles. The lowest BCUT2D eigenvalue weighted by Crippen LogP contribution is -2.35. The van der Waals surface area contributed by atoms with E-state index in [9.17, 15) is 18.0 Å². The van der Waals surface area contributed by atoms with Crippen LogP contribution >= 0.6 is 0 Å². The van der Waals surface area contributed by atoms with Crippen molar-refractivity contribution in [2.75, 3.05) is 38.1 Å². The minimum absolute atomic E-state index is 0.175. The summed E-state index contributed by atoms with van der Waals surface area (Å²) >= 11 is 0. The number of methoxy groups -OCH3 is 1. The average Bonchev–Trinajstić information content (AvgIpc) is 2.66. The van der Waals surface area contributed by atoms with Crippen molar-refractivity contribution in [3.05, 3.63) is 29.8 Å². The number of carbonyl (C=O) groups excluding carboxylic acids is 2. The molecule has 0 radical (unpaired) electrons. The summed E-state index contributed by atoms with van der Waals surface area (Å²) in [7, 11) is -3.04. The minimum atomic E-state index is -4.08. The first kappa shape index (κ1) is 25.7. The van der Waals surface area contributed by atoms with Crippen molar-refractivity contribution in [1.82, 2.24) is 9.62 Å². The molecule has 0 fully saturated rings. The van der Waals surface area contributed by atoms with Gasteiger partial charge in [0.1, 0.15) is 0 Å². The van der Waals surface area contributed by atoms with Crippen molar-refractivity contribution >= 4 is 28.0 Å². The summed E-state index contributed by atoms with van der Waals surface area (Å²) < 4.78 is 35.6. The highest BCUT2D eigenvalue weighted by Crippen LogP contribution is 2.11. The summed E-state index contributed by atoms with van der Waals surface area (Å²) in [5.74, 6) is -0.505. The first-order valence-electron chi connectivity index (χ1n) is 9.10. The van der Waals surface area contributed by atoms with E-state index in [0.717, 1.165) is 7.11 Å². The molecule has 0 saturated heterocycles. The quantitative estimate of drug-likeness (QED) is 0.594. The van der Waals surface area contributed by atoms with Crippen molar-refractivity contribution in [3.63, 3.8) is 0 Å². The van der Waals surface area contributed by atoms with Crippen LogP contribution in [0.2, 0.25) is 0 Å². The number of esters is 1. The van der Waals surface area contributed by atoms with Crippen LogP contribution in [-0.4, -0.2) is 58.7 Å². The highest BCUT2D eigenvalue weighted by Gasteiger charge is 2.14. The Labute approximate surface area is 167 Å². The fraction of sp³-hybridized carbons (Fsp3) is 0.556. The van der Waals surface area contributed by atoms with Crippen LogP contribution in [0.1, 0.15) is 44.5 Å². The van der Waals surface area contributed by atoms with E-state index in [4.69, 9.17) is 4.74 Å². The molecule has 0 unspecified atom stereocenters. The molecule has 28 heavy (non-hydrogen) atoms. The molecule has 0 aromatic heterocycles. The Morgan fingerprint density at radius 3 is 2.00 bits per heavy atom. The first-order chi connectivity index (χ1) is 13.2. The third-order valence-corrected chi connectivity index (χ3v) is 4.43. The maximum Gasteiger partial charge on any atom is 0.422 e. The van der Waals surface area contributed by atoms with E-state index in [1.165, 1.54) is 50.3 Å². The zero-order valence-corrected chi connectivity index (χ0v) is 18.0. The second-order valence-electron chi connectivity index (χ2n) is 5.52. The highest BCUT2D eigenvalue weighted by atomic mass is 32.2. The van der Waals surface area contributed by atoms with Gasteiger partial charge in [-0.05, 0) is 57.2 Å². The number of carbonyl (C=O) groups is 2. The lowest BCUT2D eigenvalue weighted by molar-refractivity contribution is 0.0526. The zero-order valence-electron chi connectivity index (χ0n) is 17.1. The van der Waals surface area contributed by atoms with E-state index < -0.39 is 22.3 Å². The Morgan fingerprint density at radius 2 is 1.61 bits per heavy atom. The fourth-order valence-corrected chi connectivity index (χ4v) is 2.88. The molecule has 2 N–H and O–H groups in total. The molecule has 1 aromatic rings. The Bertz CT molecular complexity index is 688. The number of nitrogens with zero attached hydrogens (tertiary/aromatic N) is 1. The Hall–Kier alpha value is -2.33. The third-order valence-electron chi connectivity index (χ3n) is 3.49. The van der Waals surface area contributed by atoms with Crippen LogP contribution in [0, 0.1) is 0 Å². The summed E-state index contributed by atoms with van der Waals surface area (Å²) in [4.78, 5) is 24.6. The molecule has 1 aromatic carbocycles. The van der Waals surface area contributed by atoms with Gasteiger partial charge in [-0.25, -0.2) is 14.3 Å². The second kappa shape index (κ2) is 13.8. The number of anilines is 1. The van der Waals surface area contributed by atoms with Gasteiger partial charge in [-0.15, -0.1) is 0 Å². The number of nitrogens with one attached hydrogen (secondary N) is 2. The van der Waals surface area contributed by atoms with Crippen LogP contribution in [0.25, 0.3) is 0 Å². The van der Waals surface area contributed by atoms with Crippen molar-refractivity contribution in [2.45, 2.75) is 34.1 Å². The number of hydrogen-bond acceptors (Lipinski definition) is 7. The standard InChI is InChI=1S/C11H14N2O6S.C7H17N/c1-3-19-10(14)8-4-6-9(7-5-8)12-20(16,17)13-11(15)18-2;1-4-7-8(5-2)6-3/h4-7,12H,3H2,1-2H3,(H,13,15);4-7H2,1-3H3. The second-order valence-corrected chi connectivity index (χ2v) is 6.94. The number of amides is 1. The molecule has 160 valence electrons. The Morgan fingerprint density at radius 1 is 1.04 bits per heavy atom. The molecule has 9 nitrogen and oxygen atoms in total. The van der Waals surface area contributed by atoms with Crippen LogP contribution in [0.5, 0.6) is 0 Å². The molecule has 0 aliphatic rings. The molecule has 0 atom stereocenters. The van der Waals surface area contributed by atoms with Gasteiger partial charge in [-0.3, -0.25) is 4.72 Å². The van der Waals surface area contributed by atoms with E-state index in [1.807, 2.05) is 0 Å². The van der Waals surface area contributed by atoms with Gasteiger partial charge in [-0.1, -0.05) is 20.8 Å². The van der Waals surface area contributed by atoms with Gasteiger partial charge in [0.2, 0.25) is 0 Å². The molecule has 1 rings (SSSR count). The van der Waals surface area contributed by atoms with Gasteiger partial charge >= 0.3 is 22.3 Å². The van der Waals surface area contributed by atoms with E-state index in [2.05, 4.69) is 35.1 Å². The lowest BCUT2D eigenvalue weighted by atomic mass is 10.2. The van der Waals surface area contributed by atoms with Crippen molar-refractivity contribution in [3.8, 4) is 0 Å². The van der Waals surface area contributed by atoms with Gasteiger partial charge < -0.3 is 14.4 Å². The molecule has 0 bridgehead atoms. The molecule has 1 amide bonds. The van der Waals surface area contributed by atoms with Crippen LogP contribution in [-0.2, 0) is 19.7 Å². The molecule has 0 aliphatic carbocycles. The van der Waals surface area contributed by atoms with E-state index in [1.54, 1.807) is 11.6 Å². The topological polar surface area (TPSA) is 114 Å². The summed E-state index contributed by atoms with van der Waals surface area (Å²) in [5, 5.41) is 0. The van der Waals surface area contributed by atoms with Crippen LogP contribution in [0.3, 0.4) is 0 Å². The monoisotopic (exact) mass is 417 g/mol. The summed E-state index contributed by atoms with van der Waals surface area (Å²) in [6, 6.07) is 5.52. The first-order valence-corrected chi connectivity index (χ1v) is 10.6. The SMILES string of the molecule is CCCN(CC)CC.CCOC(=O)c1ccc(NS(=O)(=O)NC(=O)OC)cc1. The Balaban J connectivity index is 0.000000769. The number of rotatable bonds is 9. The van der Waals surface area contributed by atoms with Crippen LogP contribution in [0.4, 0.5) is 10.5 Å². The van der Waals surface area contributed by atoms with Crippen LogP contribution < -0.4 is 9.44 Å². The van der Waals surface area contributed by atoms with Gasteiger partial charge in [0.15, 0.2) is 0 Å². The molecular weight excluding hydrogens is 386 g/mol. The predicted molar refractivity (Wildman–Crippen MR) is 109 cm³/mol. The number of ether oxygens (including phenoxy) is 2. The maximum absolute atomic E-state index is 11.5. The normalized spacial score (nSPS) is 10.5. The lowest BCUT2D eigenvalue weighted by Gasteiger charge is -2.15. The maximum atomic E-state index is 11.5. The Kier molecular flexibility index (Phi) is 12.6. The fourth-order valence-electron chi connectivity index (χ4n) is 2.08. The molecular formula is C18H31N3O6S. The number of benzene rings is 1. The average molecular weight is 418 g/mol. The van der Waals surface area contributed by atoms with Gasteiger partial charge in [0.05, 0.1) is 25.0 Å². The smallest absolute Gasteiger partial charge is 0.422 e. The minimum Gasteiger partial charge on any atom is -0.462 e.